The third-order valence-electron chi connectivity index (χ3n) is 5.38. The van der Waals surface area contributed by atoms with Gasteiger partial charge in [-0.15, -0.1) is 0 Å². The standard InChI is InChI=1S/C25H22ClN3O2/c1-16(29(2)25(31)23-15-19-13-20(26)11-12-22(19)28-23)18-9-6-10-21(14-18)27-24(30)17-7-4-3-5-8-17/h3-16,28H,1-2H3,(H,27,30). The summed E-state index contributed by atoms with van der Waals surface area (Å²) in [6.45, 7) is 1.95. The van der Waals surface area contributed by atoms with Gasteiger partial charge in [0.25, 0.3) is 11.8 Å². The zero-order valence-corrected chi connectivity index (χ0v) is 18.0. The van der Waals surface area contributed by atoms with Gasteiger partial charge < -0.3 is 15.2 Å². The summed E-state index contributed by atoms with van der Waals surface area (Å²) in [7, 11) is 1.76. The van der Waals surface area contributed by atoms with Crippen molar-refractivity contribution in [3.63, 3.8) is 0 Å². The molecule has 1 aromatic heterocycles. The second-order valence-electron chi connectivity index (χ2n) is 7.45. The van der Waals surface area contributed by atoms with E-state index in [0.717, 1.165) is 16.5 Å². The average Bonchev–Trinajstić information content (AvgIpc) is 3.21. The van der Waals surface area contributed by atoms with Crippen molar-refractivity contribution in [2.24, 2.45) is 0 Å². The fraction of sp³-hybridized carbons (Fsp3) is 0.120. The number of carbonyl (C=O) groups is 2. The molecule has 4 aromatic rings. The van der Waals surface area contributed by atoms with Crippen molar-refractivity contribution in [1.82, 2.24) is 9.88 Å². The van der Waals surface area contributed by atoms with Crippen LogP contribution in [0.15, 0.2) is 78.9 Å². The third kappa shape index (κ3) is 4.47. The van der Waals surface area contributed by atoms with E-state index in [1.807, 2.05) is 67.6 Å². The van der Waals surface area contributed by atoms with E-state index in [1.54, 1.807) is 30.1 Å². The first kappa shape index (κ1) is 20.7. The van der Waals surface area contributed by atoms with E-state index >= 15 is 0 Å². The van der Waals surface area contributed by atoms with Crippen molar-refractivity contribution in [2.75, 3.05) is 12.4 Å². The summed E-state index contributed by atoms with van der Waals surface area (Å²) >= 11 is 6.05. The molecule has 4 rings (SSSR count). The van der Waals surface area contributed by atoms with Crippen molar-refractivity contribution >= 4 is 40.0 Å². The topological polar surface area (TPSA) is 65.2 Å². The molecule has 0 aliphatic carbocycles. The summed E-state index contributed by atoms with van der Waals surface area (Å²) < 4.78 is 0. The number of aromatic amines is 1. The maximum absolute atomic E-state index is 13.1. The number of halogens is 1. The summed E-state index contributed by atoms with van der Waals surface area (Å²) in [6.07, 6.45) is 0. The van der Waals surface area contributed by atoms with Gasteiger partial charge in [-0.1, -0.05) is 41.9 Å². The minimum Gasteiger partial charge on any atom is -0.351 e. The van der Waals surface area contributed by atoms with Crippen LogP contribution < -0.4 is 5.32 Å². The molecule has 1 unspecified atom stereocenters. The number of fused-ring (bicyclic) bond motifs is 1. The van der Waals surface area contributed by atoms with E-state index in [2.05, 4.69) is 10.3 Å². The van der Waals surface area contributed by atoms with Gasteiger partial charge in [0.2, 0.25) is 0 Å². The minimum atomic E-state index is -0.198. The molecule has 0 aliphatic heterocycles. The second-order valence-corrected chi connectivity index (χ2v) is 7.89. The van der Waals surface area contributed by atoms with Crippen LogP contribution in [-0.2, 0) is 0 Å². The summed E-state index contributed by atoms with van der Waals surface area (Å²) in [4.78, 5) is 30.3. The lowest BCUT2D eigenvalue weighted by atomic mass is 10.1. The lowest BCUT2D eigenvalue weighted by molar-refractivity contribution is 0.0737. The predicted molar refractivity (Wildman–Crippen MR) is 125 cm³/mol. The lowest BCUT2D eigenvalue weighted by Crippen LogP contribution is -2.30. The van der Waals surface area contributed by atoms with E-state index < -0.39 is 0 Å². The lowest BCUT2D eigenvalue weighted by Gasteiger charge is -2.25. The van der Waals surface area contributed by atoms with Crippen LogP contribution in [0.4, 0.5) is 5.69 Å². The molecule has 1 atom stereocenters. The number of nitrogens with one attached hydrogen (secondary N) is 2. The van der Waals surface area contributed by atoms with Crippen LogP contribution in [0.3, 0.4) is 0 Å². The van der Waals surface area contributed by atoms with Crippen LogP contribution in [0.1, 0.15) is 39.4 Å². The fourth-order valence-electron chi connectivity index (χ4n) is 3.48. The molecule has 0 saturated carbocycles. The van der Waals surface area contributed by atoms with Gasteiger partial charge in [-0.25, -0.2) is 0 Å². The second kappa shape index (κ2) is 8.66. The Bertz CT molecular complexity index is 1250. The number of benzene rings is 3. The molecule has 0 radical (unpaired) electrons. The monoisotopic (exact) mass is 431 g/mol. The van der Waals surface area contributed by atoms with E-state index in [9.17, 15) is 9.59 Å². The molecule has 3 aromatic carbocycles. The molecule has 156 valence electrons. The molecule has 0 spiro atoms. The minimum absolute atomic E-state index is 0.126. The molecular formula is C25H22ClN3O2. The van der Waals surface area contributed by atoms with Gasteiger partial charge >= 0.3 is 0 Å². The van der Waals surface area contributed by atoms with Crippen LogP contribution >= 0.6 is 11.6 Å². The van der Waals surface area contributed by atoms with Gasteiger partial charge in [-0.3, -0.25) is 9.59 Å². The summed E-state index contributed by atoms with van der Waals surface area (Å²) in [6, 6.07) is 23.7. The number of H-pyrrole nitrogens is 1. The number of nitrogens with zero attached hydrogens (tertiary/aromatic N) is 1. The highest BCUT2D eigenvalue weighted by Crippen LogP contribution is 2.25. The Morgan fingerprint density at radius 1 is 0.968 bits per heavy atom. The van der Waals surface area contributed by atoms with E-state index in [1.165, 1.54) is 0 Å². The normalized spacial score (nSPS) is 11.8. The Morgan fingerprint density at radius 2 is 1.74 bits per heavy atom. The molecule has 6 heteroatoms. The van der Waals surface area contributed by atoms with Gasteiger partial charge in [0, 0.05) is 34.2 Å². The van der Waals surface area contributed by atoms with Crippen LogP contribution in [0, 0.1) is 0 Å². The Hall–Kier alpha value is -3.57. The zero-order valence-electron chi connectivity index (χ0n) is 17.2. The first-order valence-electron chi connectivity index (χ1n) is 9.94. The number of hydrogen-bond donors (Lipinski definition) is 2. The zero-order chi connectivity index (χ0) is 22.0. The third-order valence-corrected chi connectivity index (χ3v) is 5.61. The number of anilines is 1. The predicted octanol–water partition coefficient (Wildman–Crippen LogP) is 5.91. The molecular weight excluding hydrogens is 410 g/mol. The Morgan fingerprint density at radius 3 is 2.52 bits per heavy atom. The molecule has 1 heterocycles. The molecule has 0 bridgehead atoms. The number of hydrogen-bond acceptors (Lipinski definition) is 2. The maximum Gasteiger partial charge on any atom is 0.270 e. The van der Waals surface area contributed by atoms with Crippen LogP contribution in [-0.4, -0.2) is 28.7 Å². The van der Waals surface area contributed by atoms with Crippen LogP contribution in [0.5, 0.6) is 0 Å². The van der Waals surface area contributed by atoms with Crippen LogP contribution in [0.25, 0.3) is 10.9 Å². The van der Waals surface area contributed by atoms with Gasteiger partial charge in [-0.2, -0.15) is 0 Å². The highest BCUT2D eigenvalue weighted by atomic mass is 35.5. The van der Waals surface area contributed by atoms with Crippen molar-refractivity contribution in [2.45, 2.75) is 13.0 Å². The number of aromatic nitrogens is 1. The molecule has 31 heavy (non-hydrogen) atoms. The largest absolute Gasteiger partial charge is 0.351 e. The summed E-state index contributed by atoms with van der Waals surface area (Å²) in [5.74, 6) is -0.301. The Kier molecular flexibility index (Phi) is 5.78. The van der Waals surface area contributed by atoms with Gasteiger partial charge in [-0.05, 0) is 61.0 Å². The average molecular weight is 432 g/mol. The first-order chi connectivity index (χ1) is 14.9. The SMILES string of the molecule is CC(c1cccc(NC(=O)c2ccccc2)c1)N(C)C(=O)c1cc2cc(Cl)ccc2[nH]1. The number of amides is 2. The van der Waals surface area contributed by atoms with E-state index in [4.69, 9.17) is 11.6 Å². The molecule has 0 aliphatic rings. The molecule has 2 N–H and O–H groups in total. The number of carbonyl (C=O) groups excluding carboxylic acids is 2. The number of rotatable bonds is 5. The van der Waals surface area contributed by atoms with Crippen molar-refractivity contribution in [3.05, 3.63) is 101 Å². The quantitative estimate of drug-likeness (QED) is 0.412. The smallest absolute Gasteiger partial charge is 0.270 e. The maximum atomic E-state index is 13.1. The van der Waals surface area contributed by atoms with Gasteiger partial charge in [0.1, 0.15) is 5.69 Å². The molecule has 2 amide bonds. The van der Waals surface area contributed by atoms with Gasteiger partial charge in [0.05, 0.1) is 6.04 Å². The summed E-state index contributed by atoms with van der Waals surface area (Å²) in [5.41, 5.74) is 3.55. The van der Waals surface area contributed by atoms with Crippen molar-refractivity contribution < 1.29 is 9.59 Å². The van der Waals surface area contributed by atoms with Crippen LogP contribution in [0.2, 0.25) is 5.02 Å². The van der Waals surface area contributed by atoms with E-state index in [0.29, 0.717) is 22.0 Å². The fourth-order valence-corrected chi connectivity index (χ4v) is 3.66. The summed E-state index contributed by atoms with van der Waals surface area (Å²) in [5, 5.41) is 4.43. The Labute approximate surface area is 185 Å². The molecule has 0 saturated heterocycles. The first-order valence-corrected chi connectivity index (χ1v) is 10.3. The van der Waals surface area contributed by atoms with E-state index in [-0.39, 0.29) is 17.9 Å². The highest BCUT2D eigenvalue weighted by molar-refractivity contribution is 6.31. The molecule has 5 nitrogen and oxygen atoms in total. The van der Waals surface area contributed by atoms with Gasteiger partial charge in [0.15, 0.2) is 0 Å². The van der Waals surface area contributed by atoms with Crippen molar-refractivity contribution in [1.29, 1.82) is 0 Å². The highest BCUT2D eigenvalue weighted by Gasteiger charge is 2.21. The molecule has 0 fully saturated rings. The Balaban J connectivity index is 1.51. The van der Waals surface area contributed by atoms with Crippen molar-refractivity contribution in [3.8, 4) is 0 Å².